The fraction of sp³-hybridized carbons (Fsp3) is 0.125. The van der Waals surface area contributed by atoms with Crippen molar-refractivity contribution in [2.45, 2.75) is 6.42 Å². The average Bonchev–Trinajstić information content (AvgIpc) is 2.55. The number of rotatable bonds is 3. The van der Waals surface area contributed by atoms with Crippen molar-refractivity contribution in [2.75, 3.05) is 6.54 Å². The number of fused-ring (bicyclic) bond motifs is 1. The molecule has 3 rings (SSSR count). The summed E-state index contributed by atoms with van der Waals surface area (Å²) >= 11 is 0. The van der Waals surface area contributed by atoms with Gasteiger partial charge in [0.25, 0.3) is 5.69 Å². The molecule has 0 fully saturated rings. The number of non-ortho nitro benzene ring substituents is 1. The van der Waals surface area contributed by atoms with Crippen LogP contribution in [0.15, 0.2) is 53.6 Å². The van der Waals surface area contributed by atoms with E-state index in [0.717, 1.165) is 12.0 Å². The summed E-state index contributed by atoms with van der Waals surface area (Å²) in [5.41, 5.74) is 2.57. The number of hydrogen-bond donors (Lipinski definition) is 0. The Morgan fingerprint density at radius 2 is 1.86 bits per heavy atom. The van der Waals surface area contributed by atoms with Gasteiger partial charge in [-0.05, 0) is 34.4 Å². The fourth-order valence-electron chi connectivity index (χ4n) is 2.33. The van der Waals surface area contributed by atoms with Gasteiger partial charge in [0.05, 0.1) is 10.8 Å². The third-order valence-electron chi connectivity index (χ3n) is 3.50. The van der Waals surface area contributed by atoms with Crippen LogP contribution in [0.5, 0.6) is 0 Å². The third kappa shape index (κ3) is 2.85. The smallest absolute Gasteiger partial charge is 0.269 e. The highest BCUT2D eigenvalue weighted by Crippen LogP contribution is 2.13. The predicted molar refractivity (Wildman–Crippen MR) is 80.1 cm³/mol. The van der Waals surface area contributed by atoms with Gasteiger partial charge in [0, 0.05) is 24.1 Å². The van der Waals surface area contributed by atoms with Gasteiger partial charge in [-0.3, -0.25) is 10.1 Å². The van der Waals surface area contributed by atoms with Gasteiger partial charge in [-0.1, -0.05) is 22.9 Å². The number of nitrogens with zero attached hydrogens (tertiary/aromatic N) is 3. The minimum Gasteiger partial charge on any atom is -0.854 e. The Bertz CT molecular complexity index is 779. The number of hydrazone groups is 1. The van der Waals surface area contributed by atoms with Crippen LogP contribution in [0.3, 0.4) is 0 Å². The fourth-order valence-corrected chi connectivity index (χ4v) is 2.33. The molecular weight excluding hydrogens is 282 g/mol. The molecule has 6 nitrogen and oxygen atoms in total. The second-order valence-corrected chi connectivity index (χ2v) is 4.95. The van der Waals surface area contributed by atoms with Crippen LogP contribution in [0, 0.1) is 10.1 Å². The lowest BCUT2D eigenvalue weighted by atomic mass is 10.0. The Labute approximate surface area is 126 Å². The Kier molecular flexibility index (Phi) is 3.65. The molecule has 0 spiro atoms. The topological polar surface area (TPSA) is 81.6 Å². The van der Waals surface area contributed by atoms with E-state index in [4.69, 9.17) is 0 Å². The minimum absolute atomic E-state index is 0.0463. The van der Waals surface area contributed by atoms with Gasteiger partial charge in [-0.25, -0.2) is 0 Å². The van der Waals surface area contributed by atoms with Crippen molar-refractivity contribution in [3.63, 3.8) is 0 Å². The van der Waals surface area contributed by atoms with Crippen molar-refractivity contribution in [1.82, 2.24) is 0 Å². The van der Waals surface area contributed by atoms with E-state index in [1.807, 2.05) is 24.4 Å². The zero-order chi connectivity index (χ0) is 15.5. The molecule has 0 aliphatic carbocycles. The largest absolute Gasteiger partial charge is 0.854 e. The number of hydrogen-bond acceptors (Lipinski definition) is 4. The van der Waals surface area contributed by atoms with Crippen molar-refractivity contribution in [1.29, 1.82) is 0 Å². The maximum atomic E-state index is 12.1. The standard InChI is InChI=1S/C16H13N3O3/c20-16(13-5-7-15(8-6-13)19(21)22)17-18-10-9-12-3-1-2-4-14(12)11-18/h1-8,11H,9-10H2. The quantitative estimate of drug-likeness (QED) is 0.281. The van der Waals surface area contributed by atoms with E-state index in [1.54, 1.807) is 4.68 Å². The maximum absolute atomic E-state index is 12.1. The molecule has 2 aromatic carbocycles. The Morgan fingerprint density at radius 1 is 1.14 bits per heavy atom. The van der Waals surface area contributed by atoms with Gasteiger partial charge in [0.15, 0.2) is 6.54 Å². The Hall–Kier alpha value is -3.02. The van der Waals surface area contributed by atoms with Crippen LogP contribution in [0.2, 0.25) is 0 Å². The zero-order valence-electron chi connectivity index (χ0n) is 11.7. The van der Waals surface area contributed by atoms with E-state index in [1.165, 1.54) is 29.8 Å². The lowest BCUT2D eigenvalue weighted by Gasteiger charge is -2.11. The van der Waals surface area contributed by atoms with Gasteiger partial charge >= 0.3 is 0 Å². The van der Waals surface area contributed by atoms with Crippen molar-refractivity contribution in [3.05, 3.63) is 75.3 Å². The molecule has 2 aromatic rings. The van der Waals surface area contributed by atoms with E-state index in [0.29, 0.717) is 12.1 Å². The van der Waals surface area contributed by atoms with Crippen molar-refractivity contribution in [3.8, 4) is 0 Å². The lowest BCUT2D eigenvalue weighted by Crippen LogP contribution is -2.25. The van der Waals surface area contributed by atoms with E-state index >= 15 is 0 Å². The number of benzene rings is 2. The van der Waals surface area contributed by atoms with Crippen LogP contribution < -0.4 is 5.11 Å². The van der Waals surface area contributed by atoms with Crippen LogP contribution in [-0.2, 0) is 6.42 Å². The van der Waals surface area contributed by atoms with E-state index in [-0.39, 0.29) is 5.69 Å². The molecule has 0 bridgehead atoms. The molecule has 0 aromatic heterocycles. The van der Waals surface area contributed by atoms with Crippen LogP contribution in [0.4, 0.5) is 5.69 Å². The summed E-state index contributed by atoms with van der Waals surface area (Å²) in [5, 5.41) is 26.8. The summed E-state index contributed by atoms with van der Waals surface area (Å²) in [6.45, 7) is 0.635. The molecule has 22 heavy (non-hydrogen) atoms. The van der Waals surface area contributed by atoms with Crippen LogP contribution in [-0.4, -0.2) is 28.3 Å². The zero-order valence-corrected chi connectivity index (χ0v) is 11.7. The first-order chi connectivity index (χ1) is 10.6. The molecule has 6 heteroatoms. The molecule has 0 atom stereocenters. The normalized spacial score (nSPS) is 14.2. The summed E-state index contributed by atoms with van der Waals surface area (Å²) in [6.07, 6.45) is 2.66. The van der Waals surface area contributed by atoms with Crippen LogP contribution >= 0.6 is 0 Å². The van der Waals surface area contributed by atoms with Gasteiger partial charge in [0.2, 0.25) is 6.21 Å². The second kappa shape index (κ2) is 5.77. The van der Waals surface area contributed by atoms with Crippen molar-refractivity contribution < 1.29 is 14.7 Å². The molecule has 0 amide bonds. The third-order valence-corrected chi connectivity index (χ3v) is 3.50. The maximum Gasteiger partial charge on any atom is 0.269 e. The molecule has 110 valence electrons. The minimum atomic E-state index is -0.499. The molecule has 0 unspecified atom stereocenters. The highest BCUT2D eigenvalue weighted by atomic mass is 16.6. The summed E-state index contributed by atoms with van der Waals surface area (Å²) in [6, 6.07) is 13.4. The predicted octanol–water partition coefficient (Wildman–Crippen LogP) is 1.30. The van der Waals surface area contributed by atoms with E-state index in [9.17, 15) is 15.2 Å². The monoisotopic (exact) mass is 295 g/mol. The number of nitro groups is 1. The van der Waals surface area contributed by atoms with Gasteiger partial charge in [-0.2, -0.15) is 0 Å². The summed E-state index contributed by atoms with van der Waals surface area (Å²) in [5.74, 6) is -0.412. The molecule has 1 heterocycles. The van der Waals surface area contributed by atoms with Crippen molar-refractivity contribution in [2.24, 2.45) is 5.10 Å². The highest BCUT2D eigenvalue weighted by Gasteiger charge is 2.15. The average molecular weight is 295 g/mol. The van der Waals surface area contributed by atoms with Crippen molar-refractivity contribution >= 4 is 17.8 Å². The summed E-state index contributed by atoms with van der Waals surface area (Å²) in [4.78, 5) is 10.1. The molecule has 1 aliphatic rings. The first-order valence-electron chi connectivity index (χ1n) is 6.83. The van der Waals surface area contributed by atoms with Gasteiger partial charge in [0.1, 0.15) is 0 Å². The van der Waals surface area contributed by atoms with E-state index < -0.39 is 10.8 Å². The Balaban J connectivity index is 1.86. The highest BCUT2D eigenvalue weighted by molar-refractivity contribution is 5.90. The first-order valence-corrected chi connectivity index (χ1v) is 6.83. The molecule has 0 saturated heterocycles. The van der Waals surface area contributed by atoms with Crippen LogP contribution in [0.25, 0.3) is 0 Å². The molecule has 0 radical (unpaired) electrons. The molecule has 1 aliphatic heterocycles. The molecule has 0 N–H and O–H groups in total. The Morgan fingerprint density at radius 3 is 2.59 bits per heavy atom. The molecular formula is C16H13N3O3. The first kappa shape index (κ1) is 13.9. The molecule has 0 saturated carbocycles. The summed E-state index contributed by atoms with van der Waals surface area (Å²) in [7, 11) is 0. The van der Waals surface area contributed by atoms with Gasteiger partial charge < -0.3 is 5.11 Å². The lowest BCUT2D eigenvalue weighted by molar-refractivity contribution is -0.533. The SMILES string of the molecule is O=[N+]([O-])c1ccc(/C([O-])=N/[N+]2=Cc3ccccc3CC2)cc1. The summed E-state index contributed by atoms with van der Waals surface area (Å²) < 4.78 is 1.62. The number of nitro benzene ring substituents is 1. The second-order valence-electron chi connectivity index (χ2n) is 4.95. The van der Waals surface area contributed by atoms with Gasteiger partial charge in [-0.15, -0.1) is 0 Å². The van der Waals surface area contributed by atoms with Crippen LogP contribution in [0.1, 0.15) is 16.7 Å². The van der Waals surface area contributed by atoms with E-state index in [2.05, 4.69) is 11.2 Å².